The summed E-state index contributed by atoms with van der Waals surface area (Å²) in [7, 11) is 0. The van der Waals surface area contributed by atoms with E-state index in [1.54, 1.807) is 17.0 Å². The Balaban J connectivity index is 1.47. The van der Waals surface area contributed by atoms with Crippen LogP contribution >= 0.6 is 11.6 Å². The Hall–Kier alpha value is -2.54. The molecule has 0 atom stereocenters. The van der Waals surface area contributed by atoms with E-state index < -0.39 is 28.9 Å². The SMILES string of the molecule is O=C(NC1CCN(C(=O)CCc2ccc(Cl)cc2)CC1)c1ccc(F)c(F)c1F. The first-order chi connectivity index (χ1) is 13.8. The Morgan fingerprint density at radius 3 is 2.31 bits per heavy atom. The molecule has 2 aromatic carbocycles. The van der Waals surface area contributed by atoms with Crippen molar-refractivity contribution >= 4 is 23.4 Å². The van der Waals surface area contributed by atoms with Crippen molar-refractivity contribution in [3.63, 3.8) is 0 Å². The van der Waals surface area contributed by atoms with Gasteiger partial charge in [-0.15, -0.1) is 0 Å². The zero-order valence-electron chi connectivity index (χ0n) is 15.6. The molecular formula is C21H20ClF3N2O2. The summed E-state index contributed by atoms with van der Waals surface area (Å²) < 4.78 is 40.0. The number of rotatable bonds is 5. The van der Waals surface area contributed by atoms with Gasteiger partial charge in [0.2, 0.25) is 5.91 Å². The molecule has 1 heterocycles. The van der Waals surface area contributed by atoms with Crippen LogP contribution < -0.4 is 5.32 Å². The van der Waals surface area contributed by atoms with Crippen molar-refractivity contribution in [2.24, 2.45) is 0 Å². The fourth-order valence-corrected chi connectivity index (χ4v) is 3.42. The fraction of sp³-hybridized carbons (Fsp3) is 0.333. The Bertz CT molecular complexity index is 898. The highest BCUT2D eigenvalue weighted by Gasteiger charge is 2.26. The van der Waals surface area contributed by atoms with Crippen molar-refractivity contribution < 1.29 is 22.8 Å². The molecule has 0 aliphatic carbocycles. The smallest absolute Gasteiger partial charge is 0.254 e. The Morgan fingerprint density at radius 1 is 1.00 bits per heavy atom. The molecule has 29 heavy (non-hydrogen) atoms. The van der Waals surface area contributed by atoms with Crippen LogP contribution in [-0.2, 0) is 11.2 Å². The number of carbonyl (C=O) groups is 2. The minimum absolute atomic E-state index is 0.0244. The second kappa shape index (κ2) is 9.31. The Morgan fingerprint density at radius 2 is 1.66 bits per heavy atom. The maximum Gasteiger partial charge on any atom is 0.254 e. The van der Waals surface area contributed by atoms with Gasteiger partial charge in [-0.2, -0.15) is 0 Å². The lowest BCUT2D eigenvalue weighted by Crippen LogP contribution is -2.46. The van der Waals surface area contributed by atoms with Crippen LogP contribution in [0.5, 0.6) is 0 Å². The van der Waals surface area contributed by atoms with E-state index in [9.17, 15) is 22.8 Å². The minimum atomic E-state index is -1.67. The van der Waals surface area contributed by atoms with E-state index in [0.717, 1.165) is 17.7 Å². The molecule has 2 amide bonds. The molecule has 154 valence electrons. The van der Waals surface area contributed by atoms with E-state index in [1.165, 1.54) is 0 Å². The molecule has 0 aromatic heterocycles. The van der Waals surface area contributed by atoms with E-state index in [2.05, 4.69) is 5.32 Å². The van der Waals surface area contributed by atoms with Gasteiger partial charge in [-0.3, -0.25) is 9.59 Å². The van der Waals surface area contributed by atoms with Gasteiger partial charge in [0.1, 0.15) is 0 Å². The molecule has 0 saturated carbocycles. The monoisotopic (exact) mass is 424 g/mol. The van der Waals surface area contributed by atoms with Crippen molar-refractivity contribution in [2.45, 2.75) is 31.7 Å². The lowest BCUT2D eigenvalue weighted by Gasteiger charge is -2.32. The van der Waals surface area contributed by atoms with Crippen molar-refractivity contribution in [2.75, 3.05) is 13.1 Å². The number of nitrogens with zero attached hydrogens (tertiary/aromatic N) is 1. The van der Waals surface area contributed by atoms with Crippen LogP contribution in [0, 0.1) is 17.5 Å². The molecular weight excluding hydrogens is 405 g/mol. The van der Waals surface area contributed by atoms with Crippen molar-refractivity contribution in [3.05, 3.63) is 70.0 Å². The van der Waals surface area contributed by atoms with E-state index in [-0.39, 0.29) is 11.9 Å². The number of piperidine rings is 1. The predicted molar refractivity (Wildman–Crippen MR) is 103 cm³/mol. The van der Waals surface area contributed by atoms with Crippen molar-refractivity contribution in [3.8, 4) is 0 Å². The summed E-state index contributed by atoms with van der Waals surface area (Å²) in [6.45, 7) is 0.926. The number of amides is 2. The fourth-order valence-electron chi connectivity index (χ4n) is 3.30. The molecule has 0 spiro atoms. The third kappa shape index (κ3) is 5.29. The molecule has 0 bridgehead atoms. The van der Waals surface area contributed by atoms with Crippen LogP contribution in [0.15, 0.2) is 36.4 Å². The van der Waals surface area contributed by atoms with Gasteiger partial charge in [0, 0.05) is 30.6 Å². The van der Waals surface area contributed by atoms with Crippen LogP contribution in [0.4, 0.5) is 13.2 Å². The van der Waals surface area contributed by atoms with E-state index in [1.807, 2.05) is 12.1 Å². The molecule has 0 unspecified atom stereocenters. The highest BCUT2D eigenvalue weighted by atomic mass is 35.5. The average Bonchev–Trinajstić information content (AvgIpc) is 2.72. The predicted octanol–water partition coefficient (Wildman–Crippen LogP) is 4.11. The third-order valence-corrected chi connectivity index (χ3v) is 5.26. The van der Waals surface area contributed by atoms with Gasteiger partial charge < -0.3 is 10.2 Å². The molecule has 3 rings (SSSR count). The molecule has 8 heteroatoms. The van der Waals surface area contributed by atoms with Crippen LogP contribution in [0.1, 0.15) is 35.2 Å². The number of carbonyl (C=O) groups excluding carboxylic acids is 2. The standard InChI is InChI=1S/C21H20ClF3N2O2/c22-14-4-1-13(2-5-14)3-8-18(28)27-11-9-15(10-12-27)26-21(29)16-6-7-17(23)20(25)19(16)24/h1-2,4-7,15H,3,8-12H2,(H,26,29). The van der Waals surface area contributed by atoms with Crippen LogP contribution in [-0.4, -0.2) is 35.8 Å². The van der Waals surface area contributed by atoms with E-state index >= 15 is 0 Å². The summed E-state index contributed by atoms with van der Waals surface area (Å²) in [4.78, 5) is 26.3. The van der Waals surface area contributed by atoms with E-state index in [4.69, 9.17) is 11.6 Å². The van der Waals surface area contributed by atoms with Gasteiger partial charge in [-0.25, -0.2) is 13.2 Å². The van der Waals surface area contributed by atoms with Crippen molar-refractivity contribution in [1.29, 1.82) is 0 Å². The summed E-state index contributed by atoms with van der Waals surface area (Å²) in [6.07, 6.45) is 1.99. The Labute approximate surface area is 171 Å². The zero-order chi connectivity index (χ0) is 21.0. The van der Waals surface area contributed by atoms with Crippen LogP contribution in [0.25, 0.3) is 0 Å². The number of benzene rings is 2. The van der Waals surface area contributed by atoms with Crippen LogP contribution in [0.3, 0.4) is 0 Å². The largest absolute Gasteiger partial charge is 0.349 e. The lowest BCUT2D eigenvalue weighted by molar-refractivity contribution is -0.132. The van der Waals surface area contributed by atoms with Gasteiger partial charge in [0.25, 0.3) is 5.91 Å². The zero-order valence-corrected chi connectivity index (χ0v) is 16.3. The molecule has 1 aliphatic rings. The molecule has 1 aliphatic heterocycles. The molecule has 4 nitrogen and oxygen atoms in total. The lowest BCUT2D eigenvalue weighted by atomic mass is 10.0. The third-order valence-electron chi connectivity index (χ3n) is 5.00. The summed E-state index contributed by atoms with van der Waals surface area (Å²) in [5.41, 5.74) is 0.490. The second-order valence-electron chi connectivity index (χ2n) is 6.98. The normalized spacial score (nSPS) is 14.7. The highest BCUT2D eigenvalue weighted by Crippen LogP contribution is 2.18. The summed E-state index contributed by atoms with van der Waals surface area (Å²) in [5.74, 6) is -5.29. The van der Waals surface area contributed by atoms with E-state index in [0.29, 0.717) is 43.8 Å². The van der Waals surface area contributed by atoms with Crippen molar-refractivity contribution in [1.82, 2.24) is 10.2 Å². The topological polar surface area (TPSA) is 49.4 Å². The number of halogens is 4. The number of aryl methyl sites for hydroxylation is 1. The highest BCUT2D eigenvalue weighted by molar-refractivity contribution is 6.30. The maximum atomic E-state index is 13.7. The van der Waals surface area contributed by atoms with Crippen LogP contribution in [0.2, 0.25) is 5.02 Å². The van der Waals surface area contributed by atoms with Gasteiger partial charge in [-0.1, -0.05) is 23.7 Å². The number of likely N-dealkylation sites (tertiary alicyclic amines) is 1. The summed E-state index contributed by atoms with van der Waals surface area (Å²) >= 11 is 5.85. The maximum absolute atomic E-state index is 13.7. The first kappa shape index (κ1) is 21.2. The molecule has 1 saturated heterocycles. The molecule has 0 radical (unpaired) electrons. The molecule has 1 N–H and O–H groups in total. The van der Waals surface area contributed by atoms with Gasteiger partial charge in [0.05, 0.1) is 5.56 Å². The molecule has 2 aromatic rings. The first-order valence-electron chi connectivity index (χ1n) is 9.31. The first-order valence-corrected chi connectivity index (χ1v) is 9.69. The summed E-state index contributed by atoms with van der Waals surface area (Å²) in [6, 6.07) is 8.70. The Kier molecular flexibility index (Phi) is 6.79. The van der Waals surface area contributed by atoms with Gasteiger partial charge in [-0.05, 0) is 49.1 Å². The van der Waals surface area contributed by atoms with Gasteiger partial charge >= 0.3 is 0 Å². The number of nitrogens with one attached hydrogen (secondary N) is 1. The minimum Gasteiger partial charge on any atom is -0.349 e. The second-order valence-corrected chi connectivity index (χ2v) is 7.41. The quantitative estimate of drug-likeness (QED) is 0.734. The number of hydrogen-bond donors (Lipinski definition) is 1. The number of hydrogen-bond acceptors (Lipinski definition) is 2. The molecule has 1 fully saturated rings. The van der Waals surface area contributed by atoms with Gasteiger partial charge in [0.15, 0.2) is 17.5 Å². The summed E-state index contributed by atoms with van der Waals surface area (Å²) in [5, 5.41) is 3.27. The average molecular weight is 425 g/mol.